The number of aryl methyl sites for hydroxylation is 1. The Balaban J connectivity index is 1.65. The number of ether oxygens (including phenoxy) is 1. The largest absolute Gasteiger partial charge is 0.476 e. The number of amides is 1. The van der Waals surface area contributed by atoms with E-state index in [1.807, 2.05) is 0 Å². The fraction of sp³-hybridized carbons (Fsp3) is 0.222. The number of carboxylic acids is 1. The molecule has 2 aromatic heterocycles. The SMILES string of the molecule is Cc1nn(COc2cccc(F)c2)c(C)c1NC(=O)Cn1ccc(C(=O)O)n1. The molecule has 0 aliphatic carbocycles. The lowest BCUT2D eigenvalue weighted by Crippen LogP contribution is -2.20. The number of halogens is 1. The number of benzene rings is 1. The van der Waals surface area contributed by atoms with Crippen LogP contribution in [0.2, 0.25) is 0 Å². The molecule has 0 fully saturated rings. The van der Waals surface area contributed by atoms with Gasteiger partial charge in [0.2, 0.25) is 5.91 Å². The minimum atomic E-state index is -1.16. The molecule has 0 saturated carbocycles. The number of carbonyl (C=O) groups is 2. The summed E-state index contributed by atoms with van der Waals surface area (Å²) in [5.74, 6) is -1.57. The molecule has 1 aromatic carbocycles. The molecule has 0 saturated heterocycles. The monoisotopic (exact) mass is 387 g/mol. The maximum absolute atomic E-state index is 13.2. The Kier molecular flexibility index (Phi) is 5.39. The van der Waals surface area contributed by atoms with Gasteiger partial charge in [-0.1, -0.05) is 6.07 Å². The number of hydrogen-bond acceptors (Lipinski definition) is 5. The van der Waals surface area contributed by atoms with Crippen molar-refractivity contribution in [3.63, 3.8) is 0 Å². The van der Waals surface area contributed by atoms with Crippen LogP contribution in [-0.2, 0) is 18.1 Å². The lowest BCUT2D eigenvalue weighted by Gasteiger charge is -2.09. The molecule has 0 bridgehead atoms. The van der Waals surface area contributed by atoms with Crippen LogP contribution in [0.25, 0.3) is 0 Å². The van der Waals surface area contributed by atoms with Crippen molar-refractivity contribution in [1.82, 2.24) is 19.6 Å². The van der Waals surface area contributed by atoms with Gasteiger partial charge in [-0.15, -0.1) is 0 Å². The number of carbonyl (C=O) groups excluding carboxylic acids is 1. The normalized spacial score (nSPS) is 10.7. The number of aromatic carboxylic acids is 1. The summed E-state index contributed by atoms with van der Waals surface area (Å²) in [6.45, 7) is 3.41. The number of carboxylic acid groups (broad SMARTS) is 1. The van der Waals surface area contributed by atoms with Crippen LogP contribution in [0.4, 0.5) is 10.1 Å². The molecule has 10 heteroatoms. The fourth-order valence-electron chi connectivity index (χ4n) is 2.59. The molecule has 0 aliphatic heterocycles. The smallest absolute Gasteiger partial charge is 0.356 e. The van der Waals surface area contributed by atoms with E-state index < -0.39 is 11.8 Å². The highest BCUT2D eigenvalue weighted by Crippen LogP contribution is 2.20. The summed E-state index contributed by atoms with van der Waals surface area (Å²) < 4.78 is 21.5. The highest BCUT2D eigenvalue weighted by atomic mass is 19.1. The topological polar surface area (TPSA) is 111 Å². The number of hydrogen-bond donors (Lipinski definition) is 2. The van der Waals surface area contributed by atoms with Crippen LogP contribution in [0.15, 0.2) is 36.5 Å². The molecule has 9 nitrogen and oxygen atoms in total. The van der Waals surface area contributed by atoms with Crippen LogP contribution >= 0.6 is 0 Å². The average Bonchev–Trinajstić information content (AvgIpc) is 3.20. The molecule has 0 aliphatic rings. The highest BCUT2D eigenvalue weighted by molar-refractivity contribution is 5.91. The highest BCUT2D eigenvalue weighted by Gasteiger charge is 2.16. The molecule has 28 heavy (non-hydrogen) atoms. The quantitative estimate of drug-likeness (QED) is 0.643. The van der Waals surface area contributed by atoms with E-state index in [0.717, 1.165) is 0 Å². The van der Waals surface area contributed by atoms with Gasteiger partial charge < -0.3 is 15.2 Å². The number of anilines is 1. The first kappa shape index (κ1) is 19.1. The van der Waals surface area contributed by atoms with Gasteiger partial charge in [-0.3, -0.25) is 9.48 Å². The first-order valence-corrected chi connectivity index (χ1v) is 8.32. The summed E-state index contributed by atoms with van der Waals surface area (Å²) in [5, 5.41) is 19.7. The van der Waals surface area contributed by atoms with Crippen molar-refractivity contribution in [1.29, 1.82) is 0 Å². The van der Waals surface area contributed by atoms with Gasteiger partial charge in [0.05, 0.1) is 17.1 Å². The van der Waals surface area contributed by atoms with Crippen LogP contribution in [0.5, 0.6) is 5.75 Å². The summed E-state index contributed by atoms with van der Waals surface area (Å²) in [7, 11) is 0. The summed E-state index contributed by atoms with van der Waals surface area (Å²) in [5.41, 5.74) is 1.63. The second-order valence-corrected chi connectivity index (χ2v) is 6.03. The third kappa shape index (κ3) is 4.34. The predicted molar refractivity (Wildman–Crippen MR) is 96.5 cm³/mol. The van der Waals surface area contributed by atoms with E-state index in [2.05, 4.69) is 15.5 Å². The van der Waals surface area contributed by atoms with Crippen LogP contribution in [0.1, 0.15) is 21.9 Å². The molecule has 146 valence electrons. The van der Waals surface area contributed by atoms with Crippen LogP contribution < -0.4 is 10.1 Å². The van der Waals surface area contributed by atoms with Gasteiger partial charge in [0.15, 0.2) is 12.4 Å². The van der Waals surface area contributed by atoms with Crippen molar-refractivity contribution in [2.75, 3.05) is 5.32 Å². The Bertz CT molecular complexity index is 1030. The zero-order chi connectivity index (χ0) is 20.3. The second-order valence-electron chi connectivity index (χ2n) is 6.03. The van der Waals surface area contributed by atoms with Gasteiger partial charge in [-0.2, -0.15) is 10.2 Å². The van der Waals surface area contributed by atoms with Crippen LogP contribution in [-0.4, -0.2) is 36.5 Å². The summed E-state index contributed by atoms with van der Waals surface area (Å²) >= 11 is 0. The summed E-state index contributed by atoms with van der Waals surface area (Å²) in [6.07, 6.45) is 1.42. The summed E-state index contributed by atoms with van der Waals surface area (Å²) in [6, 6.07) is 7.08. The molecular weight excluding hydrogens is 369 g/mol. The Morgan fingerprint density at radius 3 is 2.71 bits per heavy atom. The van der Waals surface area contributed by atoms with E-state index in [1.165, 1.54) is 29.1 Å². The van der Waals surface area contributed by atoms with E-state index >= 15 is 0 Å². The standard InChI is InChI=1S/C18H18FN5O4/c1-11-17(20-16(25)9-23-7-6-15(22-23)18(26)27)12(2)24(21-11)10-28-14-5-3-4-13(19)8-14/h3-8H,9-10H2,1-2H3,(H,20,25)(H,26,27). The molecule has 2 heterocycles. The minimum Gasteiger partial charge on any atom is -0.476 e. The number of rotatable bonds is 7. The van der Waals surface area contributed by atoms with Gasteiger partial charge in [0, 0.05) is 12.3 Å². The zero-order valence-electron chi connectivity index (χ0n) is 15.2. The van der Waals surface area contributed by atoms with E-state index in [0.29, 0.717) is 22.8 Å². The van der Waals surface area contributed by atoms with E-state index in [-0.39, 0.29) is 24.9 Å². The molecule has 3 aromatic rings. The maximum atomic E-state index is 13.2. The molecule has 0 radical (unpaired) electrons. The number of aromatic nitrogens is 4. The Morgan fingerprint density at radius 1 is 1.25 bits per heavy atom. The molecule has 2 N–H and O–H groups in total. The van der Waals surface area contributed by atoms with E-state index in [9.17, 15) is 14.0 Å². The van der Waals surface area contributed by atoms with Crippen molar-refractivity contribution in [3.8, 4) is 5.75 Å². The fourth-order valence-corrected chi connectivity index (χ4v) is 2.59. The first-order valence-electron chi connectivity index (χ1n) is 8.32. The molecule has 0 atom stereocenters. The van der Waals surface area contributed by atoms with Crippen LogP contribution in [0, 0.1) is 19.7 Å². The second kappa shape index (κ2) is 7.91. The Hall–Kier alpha value is -3.69. The van der Waals surface area contributed by atoms with Gasteiger partial charge >= 0.3 is 5.97 Å². The third-order valence-electron chi connectivity index (χ3n) is 3.96. The van der Waals surface area contributed by atoms with Crippen molar-refractivity contribution >= 4 is 17.6 Å². The Labute approximate surface area is 159 Å². The van der Waals surface area contributed by atoms with Gasteiger partial charge in [0.1, 0.15) is 18.1 Å². The minimum absolute atomic E-state index is 0.0487. The predicted octanol–water partition coefficient (Wildman–Crippen LogP) is 2.21. The van der Waals surface area contributed by atoms with Crippen LogP contribution in [0.3, 0.4) is 0 Å². The summed E-state index contributed by atoms with van der Waals surface area (Å²) in [4.78, 5) is 23.1. The van der Waals surface area contributed by atoms with Crippen molar-refractivity contribution in [2.24, 2.45) is 0 Å². The Morgan fingerprint density at radius 2 is 2.04 bits per heavy atom. The number of nitrogens with one attached hydrogen (secondary N) is 1. The van der Waals surface area contributed by atoms with Crippen molar-refractivity contribution < 1.29 is 23.8 Å². The molecular formula is C18H18FN5O4. The van der Waals surface area contributed by atoms with Crippen molar-refractivity contribution in [2.45, 2.75) is 27.1 Å². The molecule has 1 amide bonds. The third-order valence-corrected chi connectivity index (χ3v) is 3.96. The van der Waals surface area contributed by atoms with Crippen molar-refractivity contribution in [3.05, 3.63) is 59.4 Å². The average molecular weight is 387 g/mol. The molecule has 0 spiro atoms. The maximum Gasteiger partial charge on any atom is 0.356 e. The molecule has 0 unspecified atom stereocenters. The van der Waals surface area contributed by atoms with Gasteiger partial charge in [-0.05, 0) is 32.0 Å². The zero-order valence-corrected chi connectivity index (χ0v) is 15.2. The van der Waals surface area contributed by atoms with E-state index in [4.69, 9.17) is 9.84 Å². The van der Waals surface area contributed by atoms with E-state index in [1.54, 1.807) is 30.7 Å². The van der Waals surface area contributed by atoms with Gasteiger partial charge in [-0.25, -0.2) is 13.9 Å². The van der Waals surface area contributed by atoms with Gasteiger partial charge in [0.25, 0.3) is 0 Å². The lowest BCUT2D eigenvalue weighted by molar-refractivity contribution is -0.116. The molecule has 3 rings (SSSR count). The lowest BCUT2D eigenvalue weighted by atomic mass is 10.3. The number of nitrogens with zero attached hydrogens (tertiary/aromatic N) is 4. The first-order chi connectivity index (χ1) is 13.3.